The summed E-state index contributed by atoms with van der Waals surface area (Å²) in [4.78, 5) is 15.6. The monoisotopic (exact) mass is 277 g/mol. The van der Waals surface area contributed by atoms with Gasteiger partial charge in [-0.2, -0.15) is 0 Å². The van der Waals surface area contributed by atoms with Crippen LogP contribution in [-0.2, 0) is 0 Å². The number of hydrogen-bond acceptors (Lipinski definition) is 5. The van der Waals surface area contributed by atoms with E-state index < -0.39 is 5.97 Å². The number of ether oxygens (including phenoxy) is 2. The van der Waals surface area contributed by atoms with E-state index in [1.54, 1.807) is 12.1 Å². The molecule has 1 aliphatic heterocycles. The zero-order valence-corrected chi connectivity index (χ0v) is 10.8. The largest absolute Gasteiger partial charge is 0.490 e. The molecule has 0 radical (unpaired) electrons. The molecule has 1 aromatic carbocycles. The maximum absolute atomic E-state index is 11.1. The summed E-state index contributed by atoms with van der Waals surface area (Å²) < 4.78 is 11.1. The second kappa shape index (κ2) is 4.89. The van der Waals surface area contributed by atoms with E-state index in [1.807, 2.05) is 6.07 Å². The van der Waals surface area contributed by atoms with Gasteiger partial charge in [0.15, 0.2) is 17.2 Å². The molecule has 0 amide bonds. The van der Waals surface area contributed by atoms with E-state index in [-0.39, 0.29) is 5.69 Å². The van der Waals surface area contributed by atoms with E-state index in [0.29, 0.717) is 29.6 Å². The fourth-order valence-electron chi connectivity index (χ4n) is 1.91. The van der Waals surface area contributed by atoms with Gasteiger partial charge < -0.3 is 14.6 Å². The first-order valence-corrected chi connectivity index (χ1v) is 6.70. The molecule has 0 aliphatic carbocycles. The van der Waals surface area contributed by atoms with Gasteiger partial charge >= 0.3 is 5.97 Å². The van der Waals surface area contributed by atoms with E-state index in [9.17, 15) is 4.79 Å². The Hall–Kier alpha value is -2.08. The minimum absolute atomic E-state index is 0.0690. The molecule has 0 fully saturated rings. The normalized spacial score (nSPS) is 13.9. The molecule has 0 saturated heterocycles. The van der Waals surface area contributed by atoms with E-state index in [2.05, 4.69) is 4.98 Å². The summed E-state index contributed by atoms with van der Waals surface area (Å²) >= 11 is 1.30. The number of fused-ring (bicyclic) bond motifs is 1. The number of carboxylic acid groups (broad SMARTS) is 1. The molecule has 0 spiro atoms. The number of benzene rings is 1. The van der Waals surface area contributed by atoms with Crippen LogP contribution in [0.4, 0.5) is 0 Å². The summed E-state index contributed by atoms with van der Waals surface area (Å²) in [6.45, 7) is 1.23. The maximum atomic E-state index is 11.1. The maximum Gasteiger partial charge on any atom is 0.356 e. The molecule has 0 bridgehead atoms. The van der Waals surface area contributed by atoms with Crippen LogP contribution in [0.1, 0.15) is 16.9 Å². The topological polar surface area (TPSA) is 68.7 Å². The fraction of sp³-hybridized carbons (Fsp3) is 0.231. The third kappa shape index (κ3) is 2.26. The Morgan fingerprint density at radius 3 is 2.84 bits per heavy atom. The zero-order chi connectivity index (χ0) is 13.2. The van der Waals surface area contributed by atoms with Crippen LogP contribution in [0.3, 0.4) is 0 Å². The summed E-state index contributed by atoms with van der Waals surface area (Å²) in [6.07, 6.45) is 0.838. The number of rotatable bonds is 2. The lowest BCUT2D eigenvalue weighted by molar-refractivity contribution is 0.0692. The van der Waals surface area contributed by atoms with Gasteiger partial charge in [-0.1, -0.05) is 0 Å². The lowest BCUT2D eigenvalue weighted by Crippen LogP contribution is -1.98. The second-order valence-corrected chi connectivity index (χ2v) is 4.90. The van der Waals surface area contributed by atoms with Crippen LogP contribution in [0.25, 0.3) is 10.4 Å². The van der Waals surface area contributed by atoms with E-state index in [0.717, 1.165) is 12.0 Å². The highest BCUT2D eigenvalue weighted by atomic mass is 32.1. The Kier molecular flexibility index (Phi) is 3.08. The Morgan fingerprint density at radius 1 is 1.26 bits per heavy atom. The highest BCUT2D eigenvalue weighted by molar-refractivity contribution is 7.13. The number of nitrogens with zero attached hydrogens (tertiary/aromatic N) is 1. The van der Waals surface area contributed by atoms with Crippen molar-refractivity contribution in [3.8, 4) is 21.9 Å². The lowest BCUT2D eigenvalue weighted by Gasteiger charge is -2.08. The average molecular weight is 277 g/mol. The number of carboxylic acids is 1. The minimum Gasteiger partial charge on any atom is -0.490 e. The van der Waals surface area contributed by atoms with Gasteiger partial charge in [0.2, 0.25) is 0 Å². The van der Waals surface area contributed by atoms with Gasteiger partial charge in [-0.25, -0.2) is 9.78 Å². The third-order valence-corrected chi connectivity index (χ3v) is 3.66. The molecule has 98 valence electrons. The lowest BCUT2D eigenvalue weighted by atomic mass is 10.1. The van der Waals surface area contributed by atoms with Gasteiger partial charge in [-0.05, 0) is 23.8 Å². The minimum atomic E-state index is -1.02. The standard InChI is InChI=1S/C13H11NO4S/c15-13(16)11-12(19-7-14-11)8-2-3-9-10(6-8)18-5-1-4-17-9/h2-3,6-7H,1,4-5H2,(H,15,16). The predicted molar refractivity (Wildman–Crippen MR) is 70.1 cm³/mol. The highest BCUT2D eigenvalue weighted by Gasteiger charge is 2.18. The molecule has 0 atom stereocenters. The van der Waals surface area contributed by atoms with Gasteiger partial charge in [-0.15, -0.1) is 11.3 Å². The van der Waals surface area contributed by atoms with Crippen LogP contribution in [0.2, 0.25) is 0 Å². The van der Waals surface area contributed by atoms with Crippen molar-refractivity contribution in [3.63, 3.8) is 0 Å². The Bertz CT molecular complexity index is 623. The molecule has 19 heavy (non-hydrogen) atoms. The molecule has 2 aromatic rings. The third-order valence-electron chi connectivity index (χ3n) is 2.78. The highest BCUT2D eigenvalue weighted by Crippen LogP contribution is 2.36. The number of aromatic carboxylic acids is 1. The average Bonchev–Trinajstić information content (AvgIpc) is 2.78. The van der Waals surface area contributed by atoms with Gasteiger partial charge in [0.25, 0.3) is 0 Å². The van der Waals surface area contributed by atoms with Crippen molar-refractivity contribution in [2.45, 2.75) is 6.42 Å². The molecule has 3 rings (SSSR count). The number of hydrogen-bond donors (Lipinski definition) is 1. The van der Waals surface area contributed by atoms with Crippen molar-refractivity contribution in [2.24, 2.45) is 0 Å². The van der Waals surface area contributed by atoms with E-state index in [4.69, 9.17) is 14.6 Å². The van der Waals surface area contributed by atoms with Crippen molar-refractivity contribution in [1.82, 2.24) is 4.98 Å². The molecular weight excluding hydrogens is 266 g/mol. The van der Waals surface area contributed by atoms with Crippen LogP contribution in [0.15, 0.2) is 23.7 Å². The molecular formula is C13H11NO4S. The molecule has 1 aliphatic rings. The molecule has 0 saturated carbocycles. The summed E-state index contributed by atoms with van der Waals surface area (Å²) in [5.41, 5.74) is 2.38. The fourth-order valence-corrected chi connectivity index (χ4v) is 2.69. The van der Waals surface area contributed by atoms with Crippen LogP contribution in [0, 0.1) is 0 Å². The number of aromatic nitrogens is 1. The molecule has 1 aromatic heterocycles. The van der Waals surface area contributed by atoms with Crippen molar-refractivity contribution < 1.29 is 19.4 Å². The Labute approximate surface area is 113 Å². The van der Waals surface area contributed by atoms with Crippen LogP contribution >= 0.6 is 11.3 Å². The number of thiazole rings is 1. The van der Waals surface area contributed by atoms with Crippen molar-refractivity contribution >= 4 is 17.3 Å². The van der Waals surface area contributed by atoms with Crippen molar-refractivity contribution in [3.05, 3.63) is 29.4 Å². The first-order chi connectivity index (χ1) is 9.25. The number of carbonyl (C=O) groups is 1. The van der Waals surface area contributed by atoms with E-state index >= 15 is 0 Å². The molecule has 2 heterocycles. The van der Waals surface area contributed by atoms with Gasteiger partial charge in [0, 0.05) is 6.42 Å². The molecule has 0 unspecified atom stereocenters. The summed E-state index contributed by atoms with van der Waals surface area (Å²) in [6, 6.07) is 5.44. The predicted octanol–water partition coefficient (Wildman–Crippen LogP) is 2.67. The quantitative estimate of drug-likeness (QED) is 0.914. The van der Waals surface area contributed by atoms with Crippen LogP contribution < -0.4 is 9.47 Å². The van der Waals surface area contributed by atoms with Crippen molar-refractivity contribution in [2.75, 3.05) is 13.2 Å². The summed E-state index contributed by atoms with van der Waals surface area (Å²) in [5, 5.41) is 9.09. The van der Waals surface area contributed by atoms with E-state index in [1.165, 1.54) is 16.8 Å². The summed E-state index contributed by atoms with van der Waals surface area (Å²) in [7, 11) is 0. The summed E-state index contributed by atoms with van der Waals surface area (Å²) in [5.74, 6) is 0.325. The Morgan fingerprint density at radius 2 is 2.05 bits per heavy atom. The first kappa shape index (κ1) is 12.0. The molecule has 5 nitrogen and oxygen atoms in total. The van der Waals surface area contributed by atoms with Gasteiger partial charge in [0.1, 0.15) is 0 Å². The van der Waals surface area contributed by atoms with Crippen LogP contribution in [0.5, 0.6) is 11.5 Å². The molecule has 6 heteroatoms. The second-order valence-electron chi connectivity index (χ2n) is 4.05. The van der Waals surface area contributed by atoms with Crippen LogP contribution in [-0.4, -0.2) is 29.3 Å². The van der Waals surface area contributed by atoms with Gasteiger partial charge in [-0.3, -0.25) is 0 Å². The van der Waals surface area contributed by atoms with Gasteiger partial charge in [0.05, 0.1) is 23.6 Å². The molecule has 1 N–H and O–H groups in total. The smallest absolute Gasteiger partial charge is 0.356 e. The SMILES string of the molecule is O=C(O)c1ncsc1-c1ccc2c(c1)OCCCO2. The Balaban J connectivity index is 2.04. The zero-order valence-electron chi connectivity index (χ0n) is 9.96. The first-order valence-electron chi connectivity index (χ1n) is 5.82. The van der Waals surface area contributed by atoms with Crippen molar-refractivity contribution in [1.29, 1.82) is 0 Å².